The van der Waals surface area contributed by atoms with Crippen LogP contribution < -0.4 is 0 Å². The molecule has 2 saturated heterocycles. The number of carbonyl (C=O) groups excluding carboxylic acids is 1. The lowest BCUT2D eigenvalue weighted by atomic mass is 9.96. The van der Waals surface area contributed by atoms with E-state index in [1.807, 2.05) is 0 Å². The standard InChI is InChI=1S/C11H19NO2/c1-11(2,3)7-12-5-8-4-10(13)14-9(8)6-12/h8-9H,4-7H2,1-3H3. The summed E-state index contributed by atoms with van der Waals surface area (Å²) in [7, 11) is 0. The Kier molecular flexibility index (Phi) is 2.30. The summed E-state index contributed by atoms with van der Waals surface area (Å²) >= 11 is 0. The highest BCUT2D eigenvalue weighted by molar-refractivity contribution is 5.72. The second kappa shape index (κ2) is 3.23. The quantitative estimate of drug-likeness (QED) is 0.593. The van der Waals surface area contributed by atoms with E-state index in [9.17, 15) is 4.79 Å². The summed E-state index contributed by atoms with van der Waals surface area (Å²) in [5, 5.41) is 0. The van der Waals surface area contributed by atoms with E-state index in [1.165, 1.54) is 0 Å². The normalized spacial score (nSPS) is 33.2. The predicted molar refractivity (Wildman–Crippen MR) is 53.9 cm³/mol. The zero-order chi connectivity index (χ0) is 10.3. The molecule has 0 spiro atoms. The van der Waals surface area contributed by atoms with Gasteiger partial charge in [0.15, 0.2) is 0 Å². The molecule has 14 heavy (non-hydrogen) atoms. The maximum Gasteiger partial charge on any atom is 0.306 e. The van der Waals surface area contributed by atoms with Crippen LogP contribution in [0.25, 0.3) is 0 Å². The number of hydrogen-bond acceptors (Lipinski definition) is 3. The number of esters is 1. The molecule has 0 aliphatic carbocycles. The number of ether oxygens (including phenoxy) is 1. The SMILES string of the molecule is CC(C)(C)CN1CC2CC(=O)OC2C1. The van der Waals surface area contributed by atoms with Gasteiger partial charge in [0.05, 0.1) is 6.42 Å². The molecule has 0 aromatic rings. The lowest BCUT2D eigenvalue weighted by molar-refractivity contribution is -0.141. The van der Waals surface area contributed by atoms with Gasteiger partial charge in [-0.15, -0.1) is 0 Å². The maximum absolute atomic E-state index is 11.0. The number of carbonyl (C=O) groups is 1. The second-order valence-corrected chi connectivity index (χ2v) is 5.75. The molecule has 2 aliphatic heterocycles. The number of rotatable bonds is 1. The number of likely N-dealkylation sites (tertiary alicyclic amines) is 1. The van der Waals surface area contributed by atoms with Crippen molar-refractivity contribution in [2.45, 2.75) is 33.3 Å². The van der Waals surface area contributed by atoms with E-state index in [0.29, 0.717) is 17.8 Å². The van der Waals surface area contributed by atoms with Crippen LogP contribution >= 0.6 is 0 Å². The summed E-state index contributed by atoms with van der Waals surface area (Å²) in [5.41, 5.74) is 0.336. The molecule has 2 heterocycles. The average molecular weight is 197 g/mol. The van der Waals surface area contributed by atoms with Crippen LogP contribution in [0.4, 0.5) is 0 Å². The fraction of sp³-hybridized carbons (Fsp3) is 0.909. The summed E-state index contributed by atoms with van der Waals surface area (Å²) in [4.78, 5) is 13.4. The smallest absolute Gasteiger partial charge is 0.306 e. The first-order valence-electron chi connectivity index (χ1n) is 5.36. The van der Waals surface area contributed by atoms with Crippen molar-refractivity contribution in [1.82, 2.24) is 4.90 Å². The van der Waals surface area contributed by atoms with Gasteiger partial charge in [0.1, 0.15) is 6.10 Å². The van der Waals surface area contributed by atoms with Gasteiger partial charge >= 0.3 is 5.97 Å². The van der Waals surface area contributed by atoms with Gasteiger partial charge in [-0.05, 0) is 5.41 Å². The van der Waals surface area contributed by atoms with E-state index in [2.05, 4.69) is 25.7 Å². The molecule has 0 saturated carbocycles. The van der Waals surface area contributed by atoms with Gasteiger partial charge in [-0.3, -0.25) is 9.69 Å². The summed E-state index contributed by atoms with van der Waals surface area (Å²) < 4.78 is 5.25. The minimum absolute atomic E-state index is 0.00425. The minimum atomic E-state index is -0.00425. The number of hydrogen-bond donors (Lipinski definition) is 0. The molecule has 0 bridgehead atoms. The lowest BCUT2D eigenvalue weighted by Crippen LogP contribution is -2.32. The Bertz CT molecular complexity index is 228. The molecule has 2 rings (SSSR count). The third-order valence-corrected chi connectivity index (χ3v) is 2.87. The molecular weight excluding hydrogens is 178 g/mol. The van der Waals surface area contributed by atoms with Gasteiger partial charge in [0, 0.05) is 25.6 Å². The molecule has 80 valence electrons. The van der Waals surface area contributed by atoms with Crippen molar-refractivity contribution in [2.24, 2.45) is 11.3 Å². The van der Waals surface area contributed by atoms with E-state index in [4.69, 9.17) is 4.74 Å². The summed E-state index contributed by atoms with van der Waals surface area (Å²) in [6.07, 6.45) is 0.815. The van der Waals surface area contributed by atoms with E-state index in [1.54, 1.807) is 0 Å². The van der Waals surface area contributed by atoms with Crippen LogP contribution in [0.3, 0.4) is 0 Å². The molecule has 2 fully saturated rings. The molecular formula is C11H19NO2. The topological polar surface area (TPSA) is 29.5 Å². The van der Waals surface area contributed by atoms with Gasteiger partial charge in [-0.1, -0.05) is 20.8 Å². The van der Waals surface area contributed by atoms with Crippen LogP contribution in [-0.4, -0.2) is 36.6 Å². The molecule has 0 radical (unpaired) electrons. The fourth-order valence-electron chi connectivity index (χ4n) is 2.49. The van der Waals surface area contributed by atoms with Crippen LogP contribution in [0.5, 0.6) is 0 Å². The van der Waals surface area contributed by atoms with Crippen molar-refractivity contribution < 1.29 is 9.53 Å². The summed E-state index contributed by atoms with van der Waals surface area (Å²) in [5.74, 6) is 0.459. The fourth-order valence-corrected chi connectivity index (χ4v) is 2.49. The first kappa shape index (κ1) is 9.97. The van der Waals surface area contributed by atoms with Crippen LogP contribution in [0, 0.1) is 11.3 Å². The largest absolute Gasteiger partial charge is 0.461 e. The molecule has 2 aliphatic rings. The van der Waals surface area contributed by atoms with Crippen LogP contribution in [0.15, 0.2) is 0 Å². The van der Waals surface area contributed by atoms with Crippen molar-refractivity contribution in [3.63, 3.8) is 0 Å². The Morgan fingerprint density at radius 3 is 2.71 bits per heavy atom. The van der Waals surface area contributed by atoms with Crippen molar-refractivity contribution >= 4 is 5.97 Å². The van der Waals surface area contributed by atoms with Gasteiger partial charge in [0.25, 0.3) is 0 Å². The van der Waals surface area contributed by atoms with E-state index in [0.717, 1.165) is 19.6 Å². The van der Waals surface area contributed by atoms with Gasteiger partial charge < -0.3 is 4.74 Å². The van der Waals surface area contributed by atoms with Crippen LogP contribution in [-0.2, 0) is 9.53 Å². The highest BCUT2D eigenvalue weighted by atomic mass is 16.6. The Balaban J connectivity index is 1.88. The molecule has 2 unspecified atom stereocenters. The minimum Gasteiger partial charge on any atom is -0.461 e. The monoisotopic (exact) mass is 197 g/mol. The van der Waals surface area contributed by atoms with Gasteiger partial charge in [-0.2, -0.15) is 0 Å². The van der Waals surface area contributed by atoms with Crippen LogP contribution in [0.1, 0.15) is 27.2 Å². The lowest BCUT2D eigenvalue weighted by Gasteiger charge is -2.26. The Hall–Kier alpha value is -0.570. The van der Waals surface area contributed by atoms with E-state index < -0.39 is 0 Å². The summed E-state index contributed by atoms with van der Waals surface area (Å²) in [6.45, 7) is 9.80. The van der Waals surface area contributed by atoms with Crippen molar-refractivity contribution in [3.8, 4) is 0 Å². The van der Waals surface area contributed by atoms with Crippen molar-refractivity contribution in [1.29, 1.82) is 0 Å². The zero-order valence-corrected chi connectivity index (χ0v) is 9.25. The average Bonchev–Trinajstić information content (AvgIpc) is 2.39. The van der Waals surface area contributed by atoms with E-state index >= 15 is 0 Å². The Morgan fingerprint density at radius 2 is 2.14 bits per heavy atom. The van der Waals surface area contributed by atoms with Gasteiger partial charge in [0.2, 0.25) is 0 Å². The Morgan fingerprint density at radius 1 is 1.43 bits per heavy atom. The molecule has 2 atom stereocenters. The first-order valence-corrected chi connectivity index (χ1v) is 5.36. The van der Waals surface area contributed by atoms with Gasteiger partial charge in [-0.25, -0.2) is 0 Å². The highest BCUT2D eigenvalue weighted by Crippen LogP contribution is 2.31. The maximum atomic E-state index is 11.0. The molecule has 0 aromatic carbocycles. The summed E-state index contributed by atoms with van der Waals surface area (Å²) in [6, 6.07) is 0. The molecule has 0 N–H and O–H groups in total. The zero-order valence-electron chi connectivity index (χ0n) is 9.25. The molecule has 0 amide bonds. The first-order chi connectivity index (χ1) is 6.44. The van der Waals surface area contributed by atoms with Crippen LogP contribution in [0.2, 0.25) is 0 Å². The third kappa shape index (κ3) is 2.08. The second-order valence-electron chi connectivity index (χ2n) is 5.75. The number of nitrogens with zero attached hydrogens (tertiary/aromatic N) is 1. The predicted octanol–water partition coefficient (Wildman–Crippen LogP) is 1.28. The molecule has 0 aromatic heterocycles. The number of fused-ring (bicyclic) bond motifs is 1. The van der Waals surface area contributed by atoms with Crippen molar-refractivity contribution in [3.05, 3.63) is 0 Å². The molecule has 3 nitrogen and oxygen atoms in total. The highest BCUT2D eigenvalue weighted by Gasteiger charge is 2.42. The van der Waals surface area contributed by atoms with E-state index in [-0.39, 0.29) is 12.1 Å². The van der Waals surface area contributed by atoms with Crippen molar-refractivity contribution in [2.75, 3.05) is 19.6 Å². The Labute approximate surface area is 85.4 Å². The third-order valence-electron chi connectivity index (χ3n) is 2.87. The molecule has 3 heteroatoms.